The van der Waals surface area contributed by atoms with Crippen LogP contribution in [-0.4, -0.2) is 48.5 Å². The Bertz CT molecular complexity index is 1140. The van der Waals surface area contributed by atoms with Gasteiger partial charge in [0, 0.05) is 31.2 Å². The molecule has 0 saturated carbocycles. The van der Waals surface area contributed by atoms with Gasteiger partial charge in [0.1, 0.15) is 5.75 Å². The number of amides is 1. The number of ether oxygens (including phenoxy) is 1. The van der Waals surface area contributed by atoms with Gasteiger partial charge in [-0.3, -0.25) is 4.79 Å². The molecule has 4 nitrogen and oxygen atoms in total. The maximum atomic E-state index is 13.0. The SMILES string of the molecule is COc1ccc(C(=O)N2CCc3cc(-c4ccc(CCN5CCC[C@H]5C)cc4)ccc3C2)cc1. The minimum Gasteiger partial charge on any atom is -0.497 e. The molecule has 176 valence electrons. The van der Waals surface area contributed by atoms with Gasteiger partial charge in [0.2, 0.25) is 0 Å². The van der Waals surface area contributed by atoms with Gasteiger partial charge in [-0.2, -0.15) is 0 Å². The molecule has 2 aliphatic rings. The van der Waals surface area contributed by atoms with Gasteiger partial charge >= 0.3 is 0 Å². The maximum absolute atomic E-state index is 13.0. The molecule has 4 heteroatoms. The van der Waals surface area contributed by atoms with Gasteiger partial charge in [-0.25, -0.2) is 0 Å². The third kappa shape index (κ3) is 4.88. The van der Waals surface area contributed by atoms with Gasteiger partial charge < -0.3 is 14.5 Å². The Labute approximate surface area is 203 Å². The van der Waals surface area contributed by atoms with Gasteiger partial charge in [-0.1, -0.05) is 42.5 Å². The van der Waals surface area contributed by atoms with Crippen molar-refractivity contribution in [2.75, 3.05) is 26.7 Å². The highest BCUT2D eigenvalue weighted by molar-refractivity contribution is 5.94. The lowest BCUT2D eigenvalue weighted by Crippen LogP contribution is -2.35. The molecular weight excluding hydrogens is 420 g/mol. The summed E-state index contributed by atoms with van der Waals surface area (Å²) in [5.74, 6) is 0.846. The molecule has 34 heavy (non-hydrogen) atoms. The summed E-state index contributed by atoms with van der Waals surface area (Å²) in [6.45, 7) is 6.16. The first kappa shape index (κ1) is 22.7. The fraction of sp³-hybridized carbons (Fsp3) is 0.367. The smallest absolute Gasteiger partial charge is 0.254 e. The first-order chi connectivity index (χ1) is 16.6. The van der Waals surface area contributed by atoms with Crippen molar-refractivity contribution in [3.63, 3.8) is 0 Å². The summed E-state index contributed by atoms with van der Waals surface area (Å²) in [5, 5.41) is 0. The van der Waals surface area contributed by atoms with E-state index >= 15 is 0 Å². The first-order valence-electron chi connectivity index (χ1n) is 12.5. The van der Waals surface area contributed by atoms with Crippen LogP contribution in [0.15, 0.2) is 66.7 Å². The quantitative estimate of drug-likeness (QED) is 0.487. The first-order valence-corrected chi connectivity index (χ1v) is 12.5. The van der Waals surface area contributed by atoms with E-state index in [1.165, 1.54) is 47.2 Å². The maximum Gasteiger partial charge on any atom is 0.254 e. The van der Waals surface area contributed by atoms with Gasteiger partial charge in [0.25, 0.3) is 5.91 Å². The Balaban J connectivity index is 1.23. The van der Waals surface area contributed by atoms with E-state index in [-0.39, 0.29) is 5.91 Å². The third-order valence-corrected chi connectivity index (χ3v) is 7.51. The Morgan fingerprint density at radius 1 is 0.941 bits per heavy atom. The molecule has 3 aromatic carbocycles. The van der Waals surface area contributed by atoms with Crippen molar-refractivity contribution in [1.29, 1.82) is 0 Å². The number of carbonyl (C=O) groups excluding carboxylic acids is 1. The second-order valence-electron chi connectivity index (χ2n) is 9.66. The monoisotopic (exact) mass is 454 g/mol. The van der Waals surface area contributed by atoms with Crippen LogP contribution in [0.2, 0.25) is 0 Å². The zero-order valence-electron chi connectivity index (χ0n) is 20.3. The Kier molecular flexibility index (Phi) is 6.68. The molecular formula is C30H34N2O2. The van der Waals surface area contributed by atoms with Crippen molar-refractivity contribution >= 4 is 5.91 Å². The van der Waals surface area contributed by atoms with E-state index in [0.717, 1.165) is 37.7 Å². The zero-order valence-corrected chi connectivity index (χ0v) is 20.3. The minimum absolute atomic E-state index is 0.0799. The summed E-state index contributed by atoms with van der Waals surface area (Å²) < 4.78 is 5.21. The topological polar surface area (TPSA) is 32.8 Å². The van der Waals surface area contributed by atoms with Crippen molar-refractivity contribution in [3.05, 3.63) is 89.0 Å². The van der Waals surface area contributed by atoms with Crippen LogP contribution >= 0.6 is 0 Å². The number of hydrogen-bond donors (Lipinski definition) is 0. The number of fused-ring (bicyclic) bond motifs is 1. The summed E-state index contributed by atoms with van der Waals surface area (Å²) >= 11 is 0. The second kappa shape index (κ2) is 10.0. The van der Waals surface area contributed by atoms with E-state index in [1.807, 2.05) is 29.2 Å². The Morgan fingerprint density at radius 3 is 2.41 bits per heavy atom. The number of methoxy groups -OCH3 is 1. The Hall–Kier alpha value is -3.11. The highest BCUT2D eigenvalue weighted by atomic mass is 16.5. The number of rotatable bonds is 6. The van der Waals surface area contributed by atoms with E-state index < -0.39 is 0 Å². The summed E-state index contributed by atoms with van der Waals surface area (Å²) in [6.07, 6.45) is 4.68. The lowest BCUT2D eigenvalue weighted by molar-refractivity contribution is 0.0734. The van der Waals surface area contributed by atoms with Crippen molar-refractivity contribution < 1.29 is 9.53 Å². The summed E-state index contributed by atoms with van der Waals surface area (Å²) in [4.78, 5) is 17.5. The molecule has 1 amide bonds. The van der Waals surface area contributed by atoms with E-state index in [9.17, 15) is 4.79 Å². The molecule has 0 aliphatic carbocycles. The lowest BCUT2D eigenvalue weighted by Gasteiger charge is -2.29. The average molecular weight is 455 g/mol. The molecule has 0 N–H and O–H groups in total. The highest BCUT2D eigenvalue weighted by Crippen LogP contribution is 2.28. The Morgan fingerprint density at radius 2 is 1.71 bits per heavy atom. The summed E-state index contributed by atoms with van der Waals surface area (Å²) in [5.41, 5.74) is 7.23. The molecule has 0 unspecified atom stereocenters. The fourth-order valence-electron chi connectivity index (χ4n) is 5.28. The molecule has 1 atom stereocenters. The molecule has 5 rings (SSSR count). The van der Waals surface area contributed by atoms with Crippen molar-refractivity contribution in [2.24, 2.45) is 0 Å². The van der Waals surface area contributed by atoms with E-state index in [0.29, 0.717) is 12.1 Å². The van der Waals surface area contributed by atoms with E-state index in [2.05, 4.69) is 54.3 Å². The number of nitrogens with zero attached hydrogens (tertiary/aromatic N) is 2. The molecule has 2 aliphatic heterocycles. The molecule has 1 saturated heterocycles. The lowest BCUT2D eigenvalue weighted by atomic mass is 9.94. The number of carbonyl (C=O) groups is 1. The van der Waals surface area contributed by atoms with Crippen LogP contribution in [0.4, 0.5) is 0 Å². The number of likely N-dealkylation sites (tertiary alicyclic amines) is 1. The van der Waals surface area contributed by atoms with Crippen LogP contribution in [-0.2, 0) is 19.4 Å². The normalized spacial score (nSPS) is 18.1. The summed E-state index contributed by atoms with van der Waals surface area (Å²) in [6, 6.07) is 23.9. The molecule has 3 aromatic rings. The molecule has 2 heterocycles. The minimum atomic E-state index is 0.0799. The number of benzene rings is 3. The average Bonchev–Trinajstić information content (AvgIpc) is 3.31. The predicted octanol–water partition coefficient (Wildman–Crippen LogP) is 5.59. The predicted molar refractivity (Wildman–Crippen MR) is 137 cm³/mol. The van der Waals surface area contributed by atoms with Crippen LogP contribution in [0.25, 0.3) is 11.1 Å². The van der Waals surface area contributed by atoms with Crippen LogP contribution in [0.5, 0.6) is 5.75 Å². The molecule has 0 spiro atoms. The second-order valence-corrected chi connectivity index (χ2v) is 9.66. The van der Waals surface area contributed by atoms with E-state index in [4.69, 9.17) is 4.74 Å². The van der Waals surface area contributed by atoms with Crippen molar-refractivity contribution in [1.82, 2.24) is 9.80 Å². The summed E-state index contributed by atoms with van der Waals surface area (Å²) in [7, 11) is 1.64. The molecule has 0 aromatic heterocycles. The van der Waals surface area contributed by atoms with Crippen molar-refractivity contribution in [3.8, 4) is 16.9 Å². The largest absolute Gasteiger partial charge is 0.497 e. The van der Waals surface area contributed by atoms with Crippen LogP contribution in [0.1, 0.15) is 46.8 Å². The van der Waals surface area contributed by atoms with E-state index in [1.54, 1.807) is 7.11 Å². The van der Waals surface area contributed by atoms with Crippen LogP contribution in [0.3, 0.4) is 0 Å². The standard InChI is InChI=1S/C30H34N2O2/c1-22-4-3-17-31(22)18-15-23-5-7-24(8-6-23)26-9-10-28-21-32(19-16-27(28)20-26)30(33)25-11-13-29(34-2)14-12-25/h5-14,20,22H,3-4,15-19,21H2,1-2H3/t22-/m1/s1. The zero-order chi connectivity index (χ0) is 23.5. The number of hydrogen-bond acceptors (Lipinski definition) is 3. The fourth-order valence-corrected chi connectivity index (χ4v) is 5.28. The van der Waals surface area contributed by atoms with Gasteiger partial charge in [0.15, 0.2) is 0 Å². The molecule has 1 fully saturated rings. The third-order valence-electron chi connectivity index (χ3n) is 7.51. The highest BCUT2D eigenvalue weighted by Gasteiger charge is 2.22. The van der Waals surface area contributed by atoms with Gasteiger partial charge in [0.05, 0.1) is 7.11 Å². The van der Waals surface area contributed by atoms with Gasteiger partial charge in [-0.05, 0) is 91.2 Å². The van der Waals surface area contributed by atoms with Crippen LogP contribution < -0.4 is 4.74 Å². The molecule has 0 radical (unpaired) electrons. The van der Waals surface area contributed by atoms with Gasteiger partial charge in [-0.15, -0.1) is 0 Å². The van der Waals surface area contributed by atoms with Crippen molar-refractivity contribution in [2.45, 2.75) is 45.2 Å². The van der Waals surface area contributed by atoms with Crippen LogP contribution in [0, 0.1) is 0 Å². The molecule has 0 bridgehead atoms.